The Balaban J connectivity index is 1.88. The van der Waals surface area contributed by atoms with Gasteiger partial charge in [-0.05, 0) is 23.8 Å². The van der Waals surface area contributed by atoms with Crippen LogP contribution in [0.5, 0.6) is 0 Å². The maximum absolute atomic E-state index is 6.14. The van der Waals surface area contributed by atoms with Crippen molar-refractivity contribution in [1.82, 2.24) is 9.97 Å². The first-order valence-electron chi connectivity index (χ1n) is 7.22. The van der Waals surface area contributed by atoms with Gasteiger partial charge >= 0.3 is 0 Å². The molecule has 2 heterocycles. The second-order valence-corrected chi connectivity index (χ2v) is 6.25. The van der Waals surface area contributed by atoms with E-state index < -0.39 is 0 Å². The third kappa shape index (κ3) is 4.14. The third-order valence-corrected chi connectivity index (χ3v) is 4.55. The first kappa shape index (κ1) is 15.7. The van der Waals surface area contributed by atoms with Crippen molar-refractivity contribution in [2.24, 2.45) is 5.92 Å². The van der Waals surface area contributed by atoms with Crippen LogP contribution in [0.25, 0.3) is 10.2 Å². The molecule has 3 nitrogen and oxygen atoms in total. The third-order valence-electron chi connectivity index (χ3n) is 3.45. The number of fused-ring (bicyclic) bond motifs is 1. The van der Waals surface area contributed by atoms with Crippen LogP contribution in [-0.4, -0.2) is 16.6 Å². The molecule has 2 aromatic rings. The Morgan fingerprint density at radius 1 is 1.35 bits per heavy atom. The fourth-order valence-corrected chi connectivity index (χ4v) is 3.23. The summed E-state index contributed by atoms with van der Waals surface area (Å²) in [4.78, 5) is 9.71. The molecule has 0 bridgehead atoms. The number of halogens is 1. The highest BCUT2D eigenvalue weighted by Crippen LogP contribution is 2.25. The molecule has 2 rings (SSSR count). The summed E-state index contributed by atoms with van der Waals surface area (Å²) in [7, 11) is 0. The molecule has 0 aromatic carbocycles. The summed E-state index contributed by atoms with van der Waals surface area (Å²) in [6, 6.07) is 1.95. The van der Waals surface area contributed by atoms with Gasteiger partial charge in [0.25, 0.3) is 0 Å². The Bertz CT molecular complexity index is 544. The van der Waals surface area contributed by atoms with Crippen LogP contribution < -0.4 is 0 Å². The van der Waals surface area contributed by atoms with Crippen molar-refractivity contribution in [2.75, 3.05) is 6.61 Å². The molecule has 0 spiro atoms. The van der Waals surface area contributed by atoms with E-state index in [1.54, 1.807) is 11.3 Å². The minimum Gasteiger partial charge on any atom is -0.373 e. The number of aromatic nitrogens is 2. The lowest BCUT2D eigenvalue weighted by molar-refractivity contribution is 0.0779. The van der Waals surface area contributed by atoms with Crippen molar-refractivity contribution in [3.63, 3.8) is 0 Å². The first-order valence-corrected chi connectivity index (χ1v) is 8.47. The highest BCUT2D eigenvalue weighted by Gasteiger charge is 2.09. The van der Waals surface area contributed by atoms with Crippen molar-refractivity contribution in [2.45, 2.75) is 46.1 Å². The smallest absolute Gasteiger partial charge is 0.157 e. The van der Waals surface area contributed by atoms with Gasteiger partial charge in [-0.1, -0.05) is 44.7 Å². The van der Waals surface area contributed by atoms with Crippen molar-refractivity contribution in [1.29, 1.82) is 0 Å². The number of rotatable bonds is 8. The van der Waals surface area contributed by atoms with E-state index in [0.29, 0.717) is 23.5 Å². The van der Waals surface area contributed by atoms with Gasteiger partial charge in [0.2, 0.25) is 0 Å². The van der Waals surface area contributed by atoms with Gasteiger partial charge in [0.15, 0.2) is 5.82 Å². The highest BCUT2D eigenvalue weighted by atomic mass is 35.5. The van der Waals surface area contributed by atoms with Crippen LogP contribution in [-0.2, 0) is 11.3 Å². The molecular formula is C15H21ClN2OS. The number of nitrogens with zero attached hydrogens (tertiary/aromatic N) is 2. The van der Waals surface area contributed by atoms with Gasteiger partial charge in [-0.25, -0.2) is 9.97 Å². The average molecular weight is 313 g/mol. The van der Waals surface area contributed by atoms with Crippen LogP contribution in [0.15, 0.2) is 11.4 Å². The number of hydrogen-bond donors (Lipinski definition) is 0. The Morgan fingerprint density at radius 3 is 2.95 bits per heavy atom. The summed E-state index contributed by atoms with van der Waals surface area (Å²) in [5, 5.41) is 3.43. The zero-order valence-electron chi connectivity index (χ0n) is 12.1. The predicted molar refractivity (Wildman–Crippen MR) is 85.4 cm³/mol. The molecule has 20 heavy (non-hydrogen) atoms. The number of unbranched alkanes of at least 4 members (excludes halogenated alkanes) is 1. The van der Waals surface area contributed by atoms with E-state index in [1.165, 1.54) is 19.3 Å². The molecule has 1 unspecified atom stereocenters. The summed E-state index contributed by atoms with van der Waals surface area (Å²) in [6.45, 7) is 5.66. The molecule has 0 fully saturated rings. The van der Waals surface area contributed by atoms with E-state index >= 15 is 0 Å². The van der Waals surface area contributed by atoms with E-state index in [-0.39, 0.29) is 0 Å². The quantitative estimate of drug-likeness (QED) is 0.638. The number of hydrogen-bond acceptors (Lipinski definition) is 4. The second kappa shape index (κ2) is 7.91. The van der Waals surface area contributed by atoms with Crippen molar-refractivity contribution in [3.8, 4) is 0 Å². The summed E-state index contributed by atoms with van der Waals surface area (Å²) in [5.74, 6) is 1.31. The molecule has 0 saturated heterocycles. The van der Waals surface area contributed by atoms with Crippen LogP contribution in [0.2, 0.25) is 5.15 Å². The van der Waals surface area contributed by atoms with Gasteiger partial charge in [0.05, 0.1) is 0 Å². The van der Waals surface area contributed by atoms with Crippen molar-refractivity contribution in [3.05, 3.63) is 22.4 Å². The molecule has 0 aliphatic heterocycles. The summed E-state index contributed by atoms with van der Waals surface area (Å²) in [6.07, 6.45) is 4.90. The molecule has 110 valence electrons. The lowest BCUT2D eigenvalue weighted by Gasteiger charge is -2.14. The average Bonchev–Trinajstić information content (AvgIpc) is 2.91. The molecule has 0 aliphatic rings. The Morgan fingerprint density at radius 2 is 2.20 bits per heavy atom. The number of ether oxygens (including phenoxy) is 1. The highest BCUT2D eigenvalue weighted by molar-refractivity contribution is 7.16. The fourth-order valence-electron chi connectivity index (χ4n) is 2.14. The van der Waals surface area contributed by atoms with E-state index in [4.69, 9.17) is 16.3 Å². The first-order chi connectivity index (χ1) is 9.74. The van der Waals surface area contributed by atoms with E-state index in [1.807, 2.05) is 11.4 Å². The van der Waals surface area contributed by atoms with Crippen LogP contribution in [0.3, 0.4) is 0 Å². The Kier molecular flexibility index (Phi) is 6.20. The maximum atomic E-state index is 6.14. The van der Waals surface area contributed by atoms with Gasteiger partial charge in [0, 0.05) is 12.0 Å². The van der Waals surface area contributed by atoms with Gasteiger partial charge in [0.1, 0.15) is 16.6 Å². The van der Waals surface area contributed by atoms with Gasteiger partial charge < -0.3 is 4.74 Å². The van der Waals surface area contributed by atoms with Crippen LogP contribution in [0.1, 0.15) is 45.4 Å². The Hall–Kier alpha value is -0.710. The molecule has 0 radical (unpaired) electrons. The van der Waals surface area contributed by atoms with Crippen LogP contribution in [0.4, 0.5) is 0 Å². The van der Waals surface area contributed by atoms with Crippen LogP contribution in [0, 0.1) is 5.92 Å². The van der Waals surface area contributed by atoms with E-state index in [9.17, 15) is 0 Å². The summed E-state index contributed by atoms with van der Waals surface area (Å²) in [5.41, 5.74) is 0. The second-order valence-electron chi connectivity index (χ2n) is 5.00. The summed E-state index contributed by atoms with van der Waals surface area (Å²) < 4.78 is 5.77. The van der Waals surface area contributed by atoms with Crippen LogP contribution >= 0.6 is 22.9 Å². The molecule has 0 N–H and O–H groups in total. The topological polar surface area (TPSA) is 35.0 Å². The SMILES string of the molecule is CCCCC(CC)COCc1nc(Cl)c2ccsc2n1. The Labute approximate surface area is 129 Å². The minimum absolute atomic E-state index is 0.441. The molecule has 0 aliphatic carbocycles. The fraction of sp³-hybridized carbons (Fsp3) is 0.600. The molecule has 0 amide bonds. The molecular weight excluding hydrogens is 292 g/mol. The van der Waals surface area contributed by atoms with Gasteiger partial charge in [-0.2, -0.15) is 0 Å². The number of thiophene rings is 1. The van der Waals surface area contributed by atoms with E-state index in [0.717, 1.165) is 23.2 Å². The standard InChI is InChI=1S/C15H21ClN2OS/c1-3-5-6-11(4-2)9-19-10-13-17-14(16)12-7-8-20-15(12)18-13/h7-8,11H,3-6,9-10H2,1-2H3. The van der Waals surface area contributed by atoms with E-state index in [2.05, 4.69) is 23.8 Å². The zero-order chi connectivity index (χ0) is 14.4. The lowest BCUT2D eigenvalue weighted by Crippen LogP contribution is -2.10. The summed E-state index contributed by atoms with van der Waals surface area (Å²) >= 11 is 7.72. The molecule has 5 heteroatoms. The van der Waals surface area contributed by atoms with Gasteiger partial charge in [-0.15, -0.1) is 11.3 Å². The van der Waals surface area contributed by atoms with Crippen molar-refractivity contribution >= 4 is 33.2 Å². The molecule has 0 saturated carbocycles. The minimum atomic E-state index is 0.441. The lowest BCUT2D eigenvalue weighted by atomic mass is 10.0. The van der Waals surface area contributed by atoms with Crippen molar-refractivity contribution < 1.29 is 4.74 Å². The molecule has 1 atom stereocenters. The molecule has 2 aromatic heterocycles. The normalized spacial score (nSPS) is 12.9. The maximum Gasteiger partial charge on any atom is 0.157 e. The predicted octanol–water partition coefficient (Wildman–Crippen LogP) is 5.08. The largest absolute Gasteiger partial charge is 0.373 e. The zero-order valence-corrected chi connectivity index (χ0v) is 13.6. The van der Waals surface area contributed by atoms with Gasteiger partial charge in [-0.3, -0.25) is 0 Å². The monoisotopic (exact) mass is 312 g/mol.